The molecule has 1 aromatic heterocycles. The zero-order chi connectivity index (χ0) is 18.6. The molecule has 3 aromatic rings. The maximum Gasteiger partial charge on any atom is 0.288 e. The van der Waals surface area contributed by atoms with E-state index in [9.17, 15) is 19.7 Å². The number of carbonyl (C=O) groups is 1. The lowest BCUT2D eigenvalue weighted by molar-refractivity contribution is -0.384. The fourth-order valence-electron chi connectivity index (χ4n) is 3.43. The van der Waals surface area contributed by atoms with E-state index >= 15 is 0 Å². The number of rotatable bonds is 2. The van der Waals surface area contributed by atoms with Crippen LogP contribution in [0.2, 0.25) is 0 Å². The van der Waals surface area contributed by atoms with Gasteiger partial charge in [0, 0.05) is 12.1 Å². The molecule has 1 unspecified atom stereocenters. The van der Waals surface area contributed by atoms with Gasteiger partial charge in [0.1, 0.15) is 5.58 Å². The van der Waals surface area contributed by atoms with E-state index in [0.717, 1.165) is 11.1 Å². The fourth-order valence-corrected chi connectivity index (χ4v) is 3.43. The van der Waals surface area contributed by atoms with Gasteiger partial charge >= 0.3 is 0 Å². The van der Waals surface area contributed by atoms with E-state index in [-0.39, 0.29) is 22.4 Å². The van der Waals surface area contributed by atoms with Crippen molar-refractivity contribution in [2.75, 3.05) is 0 Å². The van der Waals surface area contributed by atoms with Crippen LogP contribution >= 0.6 is 0 Å². The van der Waals surface area contributed by atoms with Crippen molar-refractivity contribution in [3.05, 3.63) is 84.7 Å². The van der Waals surface area contributed by atoms with Crippen molar-refractivity contribution >= 4 is 22.6 Å². The number of nitro groups is 1. The fraction of sp³-hybridized carbons (Fsp3) is 0.158. The quantitative estimate of drug-likeness (QED) is 0.565. The molecule has 0 fully saturated rings. The van der Waals surface area contributed by atoms with Crippen LogP contribution in [-0.2, 0) is 0 Å². The van der Waals surface area contributed by atoms with Gasteiger partial charge in [-0.1, -0.05) is 18.2 Å². The van der Waals surface area contributed by atoms with Gasteiger partial charge in [0.2, 0.25) is 5.76 Å². The van der Waals surface area contributed by atoms with Crippen molar-refractivity contribution in [1.82, 2.24) is 5.32 Å². The van der Waals surface area contributed by atoms with Gasteiger partial charge < -0.3 is 9.73 Å². The van der Waals surface area contributed by atoms with E-state index in [1.165, 1.54) is 18.2 Å². The van der Waals surface area contributed by atoms with Gasteiger partial charge in [-0.05, 0) is 36.6 Å². The maximum absolute atomic E-state index is 13.1. The smallest absolute Gasteiger partial charge is 0.288 e. The average Bonchev–Trinajstić information content (AvgIpc) is 2.93. The van der Waals surface area contributed by atoms with Gasteiger partial charge in [0.25, 0.3) is 11.6 Å². The molecule has 0 saturated carbocycles. The Morgan fingerprint density at radius 2 is 1.92 bits per heavy atom. The second kappa shape index (κ2) is 5.52. The van der Waals surface area contributed by atoms with Crippen LogP contribution in [0, 0.1) is 24.0 Å². The molecule has 7 heteroatoms. The lowest BCUT2D eigenvalue weighted by Gasteiger charge is -2.11. The van der Waals surface area contributed by atoms with Crippen molar-refractivity contribution in [3.63, 3.8) is 0 Å². The number of fused-ring (bicyclic) bond motifs is 2. The molecule has 1 aliphatic rings. The van der Waals surface area contributed by atoms with E-state index in [1.54, 1.807) is 12.1 Å². The molecule has 26 heavy (non-hydrogen) atoms. The van der Waals surface area contributed by atoms with Crippen LogP contribution in [-0.4, -0.2) is 10.8 Å². The Hall–Kier alpha value is -3.48. The van der Waals surface area contributed by atoms with E-state index in [2.05, 4.69) is 5.32 Å². The SMILES string of the molecule is Cc1cc(C)c2oc3c(c(=O)c2c1)C(c1cccc([N+](=O)[O-])c1)NC3=O. The number of nitrogens with one attached hydrogen (secondary N) is 1. The molecule has 0 aliphatic carbocycles. The van der Waals surface area contributed by atoms with Crippen LogP contribution in [0.4, 0.5) is 5.69 Å². The highest BCUT2D eigenvalue weighted by atomic mass is 16.6. The molecule has 1 aliphatic heterocycles. The first kappa shape index (κ1) is 16.0. The predicted molar refractivity (Wildman–Crippen MR) is 94.4 cm³/mol. The van der Waals surface area contributed by atoms with Crippen LogP contribution in [0.15, 0.2) is 45.6 Å². The number of nitro benzene ring substituents is 1. The Morgan fingerprint density at radius 1 is 1.15 bits per heavy atom. The number of nitrogens with zero attached hydrogens (tertiary/aromatic N) is 1. The number of hydrogen-bond donors (Lipinski definition) is 1. The first-order valence-corrected chi connectivity index (χ1v) is 8.00. The Labute approximate surface area is 147 Å². The number of non-ortho nitro benzene ring substituents is 1. The molecule has 1 N–H and O–H groups in total. The molecular formula is C19H14N2O5. The normalized spacial score (nSPS) is 15.8. The first-order valence-electron chi connectivity index (χ1n) is 8.00. The van der Waals surface area contributed by atoms with Crippen molar-refractivity contribution in [2.24, 2.45) is 0 Å². The average molecular weight is 350 g/mol. The molecule has 0 spiro atoms. The number of hydrogen-bond acceptors (Lipinski definition) is 5. The highest BCUT2D eigenvalue weighted by Gasteiger charge is 2.36. The van der Waals surface area contributed by atoms with Crippen LogP contribution in [0.25, 0.3) is 11.0 Å². The van der Waals surface area contributed by atoms with E-state index in [0.29, 0.717) is 16.5 Å². The van der Waals surface area contributed by atoms with Crippen molar-refractivity contribution < 1.29 is 14.1 Å². The summed E-state index contributed by atoms with van der Waals surface area (Å²) in [5, 5.41) is 14.1. The molecule has 130 valence electrons. The second-order valence-corrected chi connectivity index (χ2v) is 6.39. The van der Waals surface area contributed by atoms with Crippen LogP contribution in [0.3, 0.4) is 0 Å². The third kappa shape index (κ3) is 2.28. The molecule has 2 aromatic carbocycles. The summed E-state index contributed by atoms with van der Waals surface area (Å²) in [6, 6.07) is 8.69. The van der Waals surface area contributed by atoms with Crippen molar-refractivity contribution in [2.45, 2.75) is 19.9 Å². The van der Waals surface area contributed by atoms with Gasteiger partial charge in [-0.3, -0.25) is 19.7 Å². The minimum absolute atomic E-state index is 0.0361. The third-order valence-corrected chi connectivity index (χ3v) is 4.54. The minimum atomic E-state index is -0.779. The zero-order valence-electron chi connectivity index (χ0n) is 14.0. The summed E-state index contributed by atoms with van der Waals surface area (Å²) in [6.45, 7) is 3.69. The Kier molecular flexibility index (Phi) is 3.40. The van der Waals surface area contributed by atoms with E-state index < -0.39 is 16.9 Å². The Morgan fingerprint density at radius 3 is 2.65 bits per heavy atom. The van der Waals surface area contributed by atoms with E-state index in [1.807, 2.05) is 19.9 Å². The highest BCUT2D eigenvalue weighted by Crippen LogP contribution is 2.33. The summed E-state index contributed by atoms with van der Waals surface area (Å²) >= 11 is 0. The Balaban J connectivity index is 1.99. The monoisotopic (exact) mass is 350 g/mol. The van der Waals surface area contributed by atoms with Crippen molar-refractivity contribution in [1.29, 1.82) is 0 Å². The third-order valence-electron chi connectivity index (χ3n) is 4.54. The highest BCUT2D eigenvalue weighted by molar-refractivity contribution is 5.99. The van der Waals surface area contributed by atoms with Gasteiger partial charge in [0.05, 0.1) is 21.9 Å². The Bertz CT molecular complexity index is 1160. The maximum atomic E-state index is 13.1. The summed E-state index contributed by atoms with van der Waals surface area (Å²) in [4.78, 5) is 36.0. The lowest BCUT2D eigenvalue weighted by atomic mass is 9.98. The summed E-state index contributed by atoms with van der Waals surface area (Å²) in [7, 11) is 0. The lowest BCUT2D eigenvalue weighted by Crippen LogP contribution is -2.22. The van der Waals surface area contributed by atoms with Gasteiger partial charge in [0.15, 0.2) is 5.43 Å². The minimum Gasteiger partial charge on any atom is -0.450 e. The molecule has 2 heterocycles. The summed E-state index contributed by atoms with van der Waals surface area (Å²) in [5.41, 5.74) is 2.30. The van der Waals surface area contributed by atoms with Crippen LogP contribution in [0.1, 0.15) is 38.9 Å². The zero-order valence-corrected chi connectivity index (χ0v) is 14.0. The molecule has 0 radical (unpaired) electrons. The van der Waals surface area contributed by atoms with Gasteiger partial charge in [-0.2, -0.15) is 0 Å². The molecule has 0 saturated heterocycles. The number of carbonyl (C=O) groups excluding carboxylic acids is 1. The van der Waals surface area contributed by atoms with Crippen molar-refractivity contribution in [3.8, 4) is 0 Å². The molecule has 7 nitrogen and oxygen atoms in total. The number of aryl methyl sites for hydroxylation is 2. The molecule has 0 bridgehead atoms. The molecule has 1 amide bonds. The molecule has 1 atom stereocenters. The summed E-state index contributed by atoms with van der Waals surface area (Å²) < 4.78 is 5.77. The number of amides is 1. The topological polar surface area (TPSA) is 102 Å². The van der Waals surface area contributed by atoms with Crippen LogP contribution in [0.5, 0.6) is 0 Å². The summed E-state index contributed by atoms with van der Waals surface area (Å²) in [5.74, 6) is -0.540. The van der Waals surface area contributed by atoms with Gasteiger partial charge in [-0.15, -0.1) is 0 Å². The standard InChI is InChI=1S/C19H14N2O5/c1-9-6-10(2)17-13(7-9)16(22)14-15(20-19(23)18(14)26-17)11-4-3-5-12(8-11)21(24)25/h3-8,15H,1-2H3,(H,20,23). The van der Waals surface area contributed by atoms with E-state index in [4.69, 9.17) is 4.42 Å². The first-order chi connectivity index (χ1) is 12.4. The number of benzene rings is 2. The van der Waals surface area contributed by atoms with Gasteiger partial charge in [-0.25, -0.2) is 0 Å². The molecular weight excluding hydrogens is 336 g/mol. The van der Waals surface area contributed by atoms with Crippen LogP contribution < -0.4 is 10.7 Å². The second-order valence-electron chi connectivity index (χ2n) is 6.39. The summed E-state index contributed by atoms with van der Waals surface area (Å²) in [6.07, 6.45) is 0. The molecule has 4 rings (SSSR count). The largest absolute Gasteiger partial charge is 0.450 e. The predicted octanol–water partition coefficient (Wildman–Crippen LogP) is 3.15.